The van der Waals surface area contributed by atoms with Gasteiger partial charge in [-0.25, -0.2) is 0 Å². The van der Waals surface area contributed by atoms with Gasteiger partial charge in [-0.2, -0.15) is 0 Å². The summed E-state index contributed by atoms with van der Waals surface area (Å²) in [5, 5.41) is 5.13. The molecule has 0 aliphatic heterocycles. The molecule has 20 heavy (non-hydrogen) atoms. The minimum atomic E-state index is -0.145. The molecule has 0 saturated heterocycles. The number of rotatable bonds is 5. The Balaban J connectivity index is 2.25. The molecule has 2 aromatic rings. The molecule has 1 N–H and O–H groups in total. The van der Waals surface area contributed by atoms with Crippen molar-refractivity contribution in [2.45, 2.75) is 12.8 Å². The Morgan fingerprint density at radius 1 is 1.25 bits per heavy atom. The van der Waals surface area contributed by atoms with Crippen LogP contribution in [0.4, 0.5) is 0 Å². The van der Waals surface area contributed by atoms with Gasteiger partial charge >= 0.3 is 0 Å². The van der Waals surface area contributed by atoms with E-state index in [0.717, 1.165) is 22.1 Å². The Labute approximate surface area is 123 Å². The van der Waals surface area contributed by atoms with Gasteiger partial charge in [0.1, 0.15) is 5.75 Å². The quantitative estimate of drug-likeness (QED) is 0.857. The van der Waals surface area contributed by atoms with Crippen molar-refractivity contribution in [1.82, 2.24) is 5.32 Å². The third-order valence-corrected chi connectivity index (χ3v) is 3.79. The minimum Gasteiger partial charge on any atom is -0.497 e. The van der Waals surface area contributed by atoms with Crippen molar-refractivity contribution in [3.05, 3.63) is 42.0 Å². The van der Waals surface area contributed by atoms with Gasteiger partial charge in [-0.1, -0.05) is 24.3 Å². The van der Waals surface area contributed by atoms with Crippen LogP contribution in [0, 0.1) is 0 Å². The molecule has 0 aliphatic carbocycles. The summed E-state index contributed by atoms with van der Waals surface area (Å²) in [4.78, 5) is 12.0. The monoisotopic (exact) mass is 289 g/mol. The van der Waals surface area contributed by atoms with E-state index >= 15 is 0 Å². The first-order valence-corrected chi connectivity index (χ1v) is 7.89. The first-order valence-electron chi connectivity index (χ1n) is 6.50. The Morgan fingerprint density at radius 2 is 1.95 bits per heavy atom. The molecule has 2 aromatic carbocycles. The average molecular weight is 289 g/mol. The fraction of sp³-hybridized carbons (Fsp3) is 0.312. The van der Waals surface area contributed by atoms with E-state index in [1.165, 1.54) is 0 Å². The Hall–Kier alpha value is -1.68. The van der Waals surface area contributed by atoms with Crippen LogP contribution in [0.1, 0.15) is 18.4 Å². The van der Waals surface area contributed by atoms with Crippen molar-refractivity contribution < 1.29 is 9.53 Å². The van der Waals surface area contributed by atoms with Gasteiger partial charge in [0.15, 0.2) is 0 Å². The molecule has 2 rings (SSSR count). The fourth-order valence-corrected chi connectivity index (χ4v) is 2.37. The maximum absolute atomic E-state index is 12.0. The fourth-order valence-electron chi connectivity index (χ4n) is 2.09. The lowest BCUT2D eigenvalue weighted by Crippen LogP contribution is -2.27. The number of thioether (sulfide) groups is 1. The smallest absolute Gasteiger partial charge is 0.227 e. The number of amides is 1. The molecule has 1 atom stereocenters. The predicted molar refractivity (Wildman–Crippen MR) is 85.4 cm³/mol. The highest BCUT2D eigenvalue weighted by molar-refractivity contribution is 7.98. The van der Waals surface area contributed by atoms with E-state index in [2.05, 4.69) is 11.4 Å². The lowest BCUT2D eigenvalue weighted by molar-refractivity contribution is -0.121. The lowest BCUT2D eigenvalue weighted by Gasteiger charge is -2.13. The Morgan fingerprint density at radius 3 is 2.65 bits per heavy atom. The first-order chi connectivity index (χ1) is 9.65. The van der Waals surface area contributed by atoms with Gasteiger partial charge in [-0.15, -0.1) is 11.8 Å². The second kappa shape index (κ2) is 6.66. The van der Waals surface area contributed by atoms with E-state index in [1.807, 2.05) is 43.5 Å². The largest absolute Gasteiger partial charge is 0.497 e. The number of methoxy groups -OCH3 is 1. The molecule has 1 amide bonds. The minimum absolute atomic E-state index is 0.0622. The summed E-state index contributed by atoms with van der Waals surface area (Å²) in [5.41, 5.74) is 1.03. The number of carbonyl (C=O) groups excluding carboxylic acids is 1. The van der Waals surface area contributed by atoms with Crippen LogP contribution < -0.4 is 10.1 Å². The predicted octanol–water partition coefficient (Wildman–Crippen LogP) is 3.39. The van der Waals surface area contributed by atoms with Crippen LogP contribution in [0.2, 0.25) is 0 Å². The highest BCUT2D eigenvalue weighted by Crippen LogP contribution is 2.25. The third kappa shape index (κ3) is 3.25. The van der Waals surface area contributed by atoms with Crippen molar-refractivity contribution in [3.63, 3.8) is 0 Å². The molecule has 0 bridgehead atoms. The van der Waals surface area contributed by atoms with Gasteiger partial charge in [0.2, 0.25) is 5.91 Å². The maximum atomic E-state index is 12.0. The number of carbonyl (C=O) groups is 1. The number of fused-ring (bicyclic) bond motifs is 1. The Bertz CT molecular complexity index is 612. The number of benzene rings is 2. The third-order valence-electron chi connectivity index (χ3n) is 3.36. The normalized spacial score (nSPS) is 12.2. The molecular weight excluding hydrogens is 270 g/mol. The molecule has 0 spiro atoms. The molecule has 1 unspecified atom stereocenters. The van der Waals surface area contributed by atoms with E-state index in [-0.39, 0.29) is 11.8 Å². The highest BCUT2D eigenvalue weighted by atomic mass is 32.2. The topological polar surface area (TPSA) is 38.3 Å². The molecular formula is C16H19NO2S. The average Bonchev–Trinajstić information content (AvgIpc) is 2.50. The number of nitrogens with one attached hydrogen (secondary N) is 1. The SMILES string of the molecule is COc1ccc2cc(C(C)C(=O)NCSC)ccc2c1. The zero-order valence-electron chi connectivity index (χ0n) is 12.0. The van der Waals surface area contributed by atoms with Crippen LogP contribution in [-0.2, 0) is 4.79 Å². The molecule has 106 valence electrons. The lowest BCUT2D eigenvalue weighted by atomic mass is 9.97. The zero-order chi connectivity index (χ0) is 14.5. The summed E-state index contributed by atoms with van der Waals surface area (Å²) in [6.45, 7) is 1.93. The number of hydrogen-bond donors (Lipinski definition) is 1. The van der Waals surface area contributed by atoms with Gasteiger partial charge in [-0.05, 0) is 41.6 Å². The van der Waals surface area contributed by atoms with Crippen molar-refractivity contribution in [2.24, 2.45) is 0 Å². The number of hydrogen-bond acceptors (Lipinski definition) is 3. The van der Waals surface area contributed by atoms with Crippen LogP contribution in [0.25, 0.3) is 10.8 Å². The van der Waals surface area contributed by atoms with Crippen molar-refractivity contribution >= 4 is 28.4 Å². The van der Waals surface area contributed by atoms with Crippen LogP contribution in [0.3, 0.4) is 0 Å². The van der Waals surface area contributed by atoms with Gasteiger partial charge < -0.3 is 10.1 Å². The van der Waals surface area contributed by atoms with Crippen molar-refractivity contribution in [1.29, 1.82) is 0 Å². The summed E-state index contributed by atoms with van der Waals surface area (Å²) < 4.78 is 5.22. The summed E-state index contributed by atoms with van der Waals surface area (Å²) in [6.07, 6.45) is 1.97. The molecule has 0 saturated carbocycles. The zero-order valence-corrected chi connectivity index (χ0v) is 12.8. The van der Waals surface area contributed by atoms with Crippen LogP contribution in [0.15, 0.2) is 36.4 Å². The molecule has 0 radical (unpaired) electrons. The van der Waals surface area contributed by atoms with Crippen LogP contribution >= 0.6 is 11.8 Å². The van der Waals surface area contributed by atoms with E-state index in [0.29, 0.717) is 5.88 Å². The van der Waals surface area contributed by atoms with Crippen molar-refractivity contribution in [2.75, 3.05) is 19.2 Å². The number of ether oxygens (including phenoxy) is 1. The summed E-state index contributed by atoms with van der Waals surface area (Å²) in [7, 11) is 1.66. The van der Waals surface area contributed by atoms with E-state index < -0.39 is 0 Å². The molecule has 0 aromatic heterocycles. The van der Waals surface area contributed by atoms with E-state index in [9.17, 15) is 4.79 Å². The molecule has 0 fully saturated rings. The second-order valence-electron chi connectivity index (χ2n) is 4.67. The molecule has 4 heteroatoms. The molecule has 3 nitrogen and oxygen atoms in total. The van der Waals surface area contributed by atoms with Gasteiger partial charge in [-0.3, -0.25) is 4.79 Å². The summed E-state index contributed by atoms with van der Waals surface area (Å²) in [5.74, 6) is 1.41. The molecule has 0 heterocycles. The van der Waals surface area contributed by atoms with Crippen LogP contribution in [0.5, 0.6) is 5.75 Å². The van der Waals surface area contributed by atoms with Crippen LogP contribution in [-0.4, -0.2) is 25.1 Å². The van der Waals surface area contributed by atoms with Gasteiger partial charge in [0.05, 0.1) is 18.9 Å². The van der Waals surface area contributed by atoms with E-state index in [1.54, 1.807) is 18.9 Å². The summed E-state index contributed by atoms with van der Waals surface area (Å²) in [6, 6.07) is 12.1. The van der Waals surface area contributed by atoms with Gasteiger partial charge in [0, 0.05) is 0 Å². The maximum Gasteiger partial charge on any atom is 0.227 e. The Kier molecular flexibility index (Phi) is 4.90. The molecule has 0 aliphatic rings. The first kappa shape index (κ1) is 14.7. The highest BCUT2D eigenvalue weighted by Gasteiger charge is 2.14. The van der Waals surface area contributed by atoms with Gasteiger partial charge in [0.25, 0.3) is 0 Å². The standard InChI is InChI=1S/C16H19NO2S/c1-11(16(18)17-10-20-3)12-4-5-14-9-15(19-2)7-6-13(14)8-12/h4-9,11H,10H2,1-3H3,(H,17,18). The van der Waals surface area contributed by atoms with Crippen molar-refractivity contribution in [3.8, 4) is 5.75 Å². The summed E-state index contributed by atoms with van der Waals surface area (Å²) >= 11 is 1.60. The van der Waals surface area contributed by atoms with E-state index in [4.69, 9.17) is 4.74 Å². The second-order valence-corrected chi connectivity index (χ2v) is 5.53.